The highest BCUT2D eigenvalue weighted by Gasteiger charge is 2.49. The molecule has 0 amide bonds. The predicted molar refractivity (Wildman–Crippen MR) is 128 cm³/mol. The number of carbonyl (C=O) groups is 1. The summed E-state index contributed by atoms with van der Waals surface area (Å²) in [5.74, 6) is 0.132. The summed E-state index contributed by atoms with van der Waals surface area (Å²) in [6, 6.07) is 20.3. The molecule has 0 saturated carbocycles. The van der Waals surface area contributed by atoms with E-state index in [9.17, 15) is 9.59 Å². The summed E-state index contributed by atoms with van der Waals surface area (Å²) in [7, 11) is -2.96. The largest absolute Gasteiger partial charge is 0.460 e. The van der Waals surface area contributed by atoms with Crippen LogP contribution in [0.5, 0.6) is 0 Å². The Morgan fingerprint density at radius 1 is 0.933 bits per heavy atom. The highest BCUT2D eigenvalue weighted by molar-refractivity contribution is 6.98. The third-order valence-corrected chi connectivity index (χ3v) is 10.3. The van der Waals surface area contributed by atoms with Crippen molar-refractivity contribution in [2.75, 3.05) is 0 Å². The summed E-state index contributed by atoms with van der Waals surface area (Å²) >= 11 is 0. The topological polar surface area (TPSA) is 46.5 Å². The number of rotatable bonds is 9. The molecule has 1 unspecified atom stereocenters. The summed E-state index contributed by atoms with van der Waals surface area (Å²) in [6.45, 7) is 12.2. The first-order valence-corrected chi connectivity index (χ1v) is 13.0. The molecule has 164 valence electrons. The zero-order valence-electron chi connectivity index (χ0n) is 19.4. The van der Waals surface area contributed by atoms with E-state index in [1.54, 1.807) is 0 Å². The molecule has 0 saturated heterocycles. The molecule has 0 spiro atoms. The van der Waals surface area contributed by atoms with Crippen molar-refractivity contribution in [1.29, 1.82) is 0 Å². The quantitative estimate of drug-likeness (QED) is 0.450. The van der Waals surface area contributed by atoms with Crippen molar-refractivity contribution in [3.05, 3.63) is 60.7 Å². The number of hydrogen-bond acceptors (Lipinski definition) is 3. The third-order valence-electron chi connectivity index (χ3n) is 5.80. The molecular formula is C26H38O3Si. The molecule has 0 aliphatic carbocycles. The highest BCUT2D eigenvalue weighted by Crippen LogP contribution is 2.40. The Balaban J connectivity index is 2.10. The molecule has 2 rings (SSSR count). The van der Waals surface area contributed by atoms with Gasteiger partial charge in [0.15, 0.2) is 0 Å². The summed E-state index contributed by atoms with van der Waals surface area (Å²) in [5.41, 5.74) is -0.438. The molecule has 2 aromatic rings. The average molecular weight is 427 g/mol. The van der Waals surface area contributed by atoms with Crippen LogP contribution in [-0.2, 0) is 9.53 Å². The fourth-order valence-electron chi connectivity index (χ4n) is 4.15. The maximum Gasteiger partial charge on any atom is 0.306 e. The minimum Gasteiger partial charge on any atom is -0.460 e. The van der Waals surface area contributed by atoms with Crippen LogP contribution in [0.1, 0.15) is 67.2 Å². The van der Waals surface area contributed by atoms with E-state index in [2.05, 4.69) is 45.0 Å². The van der Waals surface area contributed by atoms with Gasteiger partial charge in [0.2, 0.25) is 0 Å². The van der Waals surface area contributed by atoms with Crippen LogP contribution in [0, 0.1) is 5.92 Å². The standard InChI is InChI=1S/C26H38O3Si/c1-21(20-24(27)29-25(2,3)4)14-13-19-26(5,6)30(28,22-15-9-7-10-16-22)23-17-11-8-12-18-23/h7-12,15-18,21,28H,13-14,19-20H2,1-6H3. The molecule has 0 bridgehead atoms. The van der Waals surface area contributed by atoms with Crippen LogP contribution in [0.3, 0.4) is 0 Å². The first kappa shape index (κ1) is 24.4. The monoisotopic (exact) mass is 426 g/mol. The normalized spacial score (nSPS) is 13.7. The molecule has 30 heavy (non-hydrogen) atoms. The maximum atomic E-state index is 12.2. The Morgan fingerprint density at radius 3 is 1.83 bits per heavy atom. The molecule has 2 aromatic carbocycles. The van der Waals surface area contributed by atoms with E-state index in [4.69, 9.17) is 4.74 Å². The zero-order chi connectivity index (χ0) is 22.4. The van der Waals surface area contributed by atoms with Gasteiger partial charge in [-0.3, -0.25) is 4.79 Å². The summed E-state index contributed by atoms with van der Waals surface area (Å²) < 4.78 is 5.45. The van der Waals surface area contributed by atoms with Crippen molar-refractivity contribution in [3.8, 4) is 0 Å². The molecule has 0 aromatic heterocycles. The second-order valence-electron chi connectivity index (χ2n) is 10.1. The summed E-state index contributed by atoms with van der Waals surface area (Å²) in [4.78, 5) is 24.3. The van der Waals surface area contributed by atoms with Crippen molar-refractivity contribution in [1.82, 2.24) is 0 Å². The fourth-order valence-corrected chi connectivity index (χ4v) is 7.93. The lowest BCUT2D eigenvalue weighted by atomic mass is 9.96. The van der Waals surface area contributed by atoms with E-state index in [1.807, 2.05) is 57.2 Å². The lowest BCUT2D eigenvalue weighted by molar-refractivity contribution is -0.155. The second-order valence-corrected chi connectivity index (χ2v) is 14.0. The van der Waals surface area contributed by atoms with Gasteiger partial charge in [0.25, 0.3) is 8.32 Å². The van der Waals surface area contributed by atoms with E-state index in [0.717, 1.165) is 29.6 Å². The molecule has 4 heteroatoms. The average Bonchev–Trinajstić information content (AvgIpc) is 2.66. The number of carbonyl (C=O) groups excluding carboxylic acids is 1. The Kier molecular flexibility index (Phi) is 8.06. The Labute approximate surface area is 183 Å². The smallest absolute Gasteiger partial charge is 0.306 e. The lowest BCUT2D eigenvalue weighted by Gasteiger charge is -2.41. The Bertz CT molecular complexity index is 755. The first-order valence-electron chi connectivity index (χ1n) is 11.0. The molecule has 0 aliphatic heterocycles. The van der Waals surface area contributed by atoms with Crippen LogP contribution >= 0.6 is 0 Å². The lowest BCUT2D eigenvalue weighted by Crippen LogP contribution is -2.65. The number of hydrogen-bond donors (Lipinski definition) is 1. The van der Waals surface area contributed by atoms with Crippen molar-refractivity contribution in [2.24, 2.45) is 5.92 Å². The second kappa shape index (κ2) is 9.93. The van der Waals surface area contributed by atoms with E-state index >= 15 is 0 Å². The molecular weight excluding hydrogens is 388 g/mol. The van der Waals surface area contributed by atoms with Crippen LogP contribution in [0.2, 0.25) is 5.04 Å². The Hall–Kier alpha value is -1.91. The maximum absolute atomic E-state index is 12.2. The van der Waals surface area contributed by atoms with Gasteiger partial charge in [-0.05, 0) is 48.5 Å². The van der Waals surface area contributed by atoms with Crippen LogP contribution in [0.25, 0.3) is 0 Å². The molecule has 3 nitrogen and oxygen atoms in total. The summed E-state index contributed by atoms with van der Waals surface area (Å²) in [5, 5.41) is 1.84. The van der Waals surface area contributed by atoms with E-state index < -0.39 is 13.9 Å². The van der Waals surface area contributed by atoms with Gasteiger partial charge in [0, 0.05) is 6.42 Å². The van der Waals surface area contributed by atoms with Gasteiger partial charge in [-0.2, -0.15) is 0 Å². The molecule has 1 N–H and O–H groups in total. The van der Waals surface area contributed by atoms with Crippen LogP contribution in [-0.4, -0.2) is 24.7 Å². The van der Waals surface area contributed by atoms with Gasteiger partial charge in [0.05, 0.1) is 0 Å². The number of esters is 1. The Morgan fingerprint density at radius 2 is 1.40 bits per heavy atom. The number of benzene rings is 2. The number of ether oxygens (including phenoxy) is 1. The molecule has 0 radical (unpaired) electrons. The van der Waals surface area contributed by atoms with Gasteiger partial charge in [0.1, 0.15) is 5.60 Å². The van der Waals surface area contributed by atoms with E-state index in [-0.39, 0.29) is 16.9 Å². The first-order chi connectivity index (χ1) is 14.0. The van der Waals surface area contributed by atoms with Crippen molar-refractivity contribution >= 4 is 24.7 Å². The molecule has 0 fully saturated rings. The van der Waals surface area contributed by atoms with Gasteiger partial charge in [-0.1, -0.05) is 94.3 Å². The zero-order valence-corrected chi connectivity index (χ0v) is 20.4. The predicted octanol–water partition coefficient (Wildman–Crippen LogP) is 5.06. The highest BCUT2D eigenvalue weighted by atomic mass is 28.4. The van der Waals surface area contributed by atoms with Crippen LogP contribution in [0.4, 0.5) is 0 Å². The minimum atomic E-state index is -2.96. The van der Waals surface area contributed by atoms with Crippen molar-refractivity contribution < 1.29 is 14.3 Å². The van der Waals surface area contributed by atoms with E-state index in [0.29, 0.717) is 6.42 Å². The SMILES string of the molecule is CC(CCCC(C)(C)[Si](O)(c1ccccc1)c1ccccc1)CC(=O)OC(C)(C)C. The van der Waals surface area contributed by atoms with Gasteiger partial charge in [-0.15, -0.1) is 0 Å². The molecule has 0 aliphatic rings. The summed E-state index contributed by atoms with van der Waals surface area (Å²) in [6.07, 6.45) is 3.25. The molecule has 0 heterocycles. The van der Waals surface area contributed by atoms with Gasteiger partial charge < -0.3 is 9.53 Å². The molecule has 1 atom stereocenters. The van der Waals surface area contributed by atoms with Gasteiger partial charge >= 0.3 is 5.97 Å². The van der Waals surface area contributed by atoms with Crippen LogP contribution < -0.4 is 10.4 Å². The minimum absolute atomic E-state index is 0.131. The van der Waals surface area contributed by atoms with Crippen molar-refractivity contribution in [3.63, 3.8) is 0 Å². The van der Waals surface area contributed by atoms with Gasteiger partial charge in [-0.25, -0.2) is 0 Å². The van der Waals surface area contributed by atoms with E-state index in [1.165, 1.54) is 0 Å². The van der Waals surface area contributed by atoms with Crippen molar-refractivity contribution in [2.45, 2.75) is 77.9 Å². The van der Waals surface area contributed by atoms with Crippen LogP contribution in [0.15, 0.2) is 60.7 Å². The fraction of sp³-hybridized carbons (Fsp3) is 0.500. The third kappa shape index (κ3) is 6.29.